The van der Waals surface area contributed by atoms with Crippen molar-refractivity contribution in [3.05, 3.63) is 55.2 Å². The van der Waals surface area contributed by atoms with Gasteiger partial charge in [-0.2, -0.15) is 20.1 Å². The number of halogens is 2. The summed E-state index contributed by atoms with van der Waals surface area (Å²) in [6, 6.07) is 13.5. The summed E-state index contributed by atoms with van der Waals surface area (Å²) in [6.45, 7) is 1.85. The molecule has 2 aromatic carbocycles. The quantitative estimate of drug-likeness (QED) is 0.209. The average molecular weight is 627 g/mol. The molecule has 0 atom stereocenters. The number of para-hydroxylation sites is 1. The van der Waals surface area contributed by atoms with Gasteiger partial charge >= 0.3 is 0 Å². The van der Waals surface area contributed by atoms with Crippen LogP contribution in [0.25, 0.3) is 0 Å². The molecule has 0 bridgehead atoms. The number of hydrazone groups is 1. The number of hydrogen-bond acceptors (Lipinski definition) is 8. The number of phenols is 1. The third-order valence-electron chi connectivity index (χ3n) is 4.47. The molecule has 1 saturated heterocycles. The van der Waals surface area contributed by atoms with E-state index >= 15 is 0 Å². The molecule has 1 aliphatic rings. The fourth-order valence-electron chi connectivity index (χ4n) is 3.02. The van der Waals surface area contributed by atoms with Crippen molar-refractivity contribution in [1.82, 2.24) is 15.0 Å². The Morgan fingerprint density at radius 2 is 1.73 bits per heavy atom. The Bertz CT molecular complexity index is 1060. The van der Waals surface area contributed by atoms with E-state index in [0.29, 0.717) is 23.4 Å². The molecule has 154 valence electrons. The van der Waals surface area contributed by atoms with Crippen LogP contribution in [0.2, 0.25) is 0 Å². The zero-order valence-corrected chi connectivity index (χ0v) is 20.2. The van der Waals surface area contributed by atoms with E-state index in [1.807, 2.05) is 42.5 Å². The number of anilines is 4. The largest absolute Gasteiger partial charge is 0.506 e. The number of nitrogens with zero attached hydrogens (tertiary/aromatic N) is 5. The Labute approximate surface area is 201 Å². The number of aromatic nitrogens is 3. The number of rotatable bonds is 6. The minimum atomic E-state index is 0.196. The fraction of sp³-hybridized carbons (Fsp3) is 0.200. The maximum atomic E-state index is 10.2. The molecule has 1 aromatic heterocycles. The van der Waals surface area contributed by atoms with Crippen molar-refractivity contribution in [3.8, 4) is 5.75 Å². The highest BCUT2D eigenvalue weighted by atomic mass is 127. The molecule has 4 rings (SSSR count). The molecule has 3 aromatic rings. The maximum absolute atomic E-state index is 10.2. The summed E-state index contributed by atoms with van der Waals surface area (Å²) in [5, 5.41) is 17.7. The Kier molecular flexibility index (Phi) is 6.82. The molecule has 10 heteroatoms. The molecule has 0 unspecified atom stereocenters. The lowest BCUT2D eigenvalue weighted by Gasteiger charge is -2.16. The van der Waals surface area contributed by atoms with Crippen molar-refractivity contribution in [3.63, 3.8) is 0 Å². The minimum absolute atomic E-state index is 0.196. The molecule has 0 saturated carbocycles. The molecule has 0 amide bonds. The summed E-state index contributed by atoms with van der Waals surface area (Å²) >= 11 is 4.30. The van der Waals surface area contributed by atoms with Crippen LogP contribution in [-0.2, 0) is 0 Å². The number of nitrogens with one attached hydrogen (secondary N) is 2. The summed E-state index contributed by atoms with van der Waals surface area (Å²) < 4.78 is 1.79. The Morgan fingerprint density at radius 3 is 2.50 bits per heavy atom. The molecule has 3 N–H and O–H groups in total. The lowest BCUT2D eigenvalue weighted by atomic mass is 10.2. The highest BCUT2D eigenvalue weighted by molar-refractivity contribution is 14.1. The first-order valence-electron chi connectivity index (χ1n) is 9.39. The second-order valence-electron chi connectivity index (χ2n) is 6.66. The van der Waals surface area contributed by atoms with Crippen molar-refractivity contribution in [1.29, 1.82) is 0 Å². The van der Waals surface area contributed by atoms with Gasteiger partial charge < -0.3 is 15.3 Å². The molecule has 30 heavy (non-hydrogen) atoms. The topological polar surface area (TPSA) is 98.6 Å². The Hall–Kier alpha value is -2.22. The number of aromatic hydroxyl groups is 1. The highest BCUT2D eigenvalue weighted by Crippen LogP contribution is 2.26. The SMILES string of the molecule is Oc1c(I)cc(I)cc1/C=N/Nc1nc(Nc2ccccc2)nc(N2CCCC2)n1. The van der Waals surface area contributed by atoms with Gasteiger partial charge in [0.1, 0.15) is 5.75 Å². The predicted octanol–water partition coefficient (Wildman–Crippen LogP) is 4.58. The van der Waals surface area contributed by atoms with Gasteiger partial charge in [-0.25, -0.2) is 5.43 Å². The number of hydrogen-bond donors (Lipinski definition) is 3. The van der Waals surface area contributed by atoms with E-state index in [1.54, 1.807) is 6.21 Å². The standard InChI is InChI=1S/C20H19I2N7O/c21-14-10-13(17(30)16(22)11-14)12-23-28-19-25-18(24-15-6-2-1-3-7-15)26-20(27-19)29-8-4-5-9-29/h1-3,6-7,10-12,30H,4-5,8-9H2,(H2,24,25,26,27,28)/b23-12+. The zero-order chi connectivity index (χ0) is 20.9. The lowest BCUT2D eigenvalue weighted by Crippen LogP contribution is -2.21. The van der Waals surface area contributed by atoms with Gasteiger partial charge in [0.15, 0.2) is 0 Å². The first-order chi connectivity index (χ1) is 14.6. The van der Waals surface area contributed by atoms with Crippen LogP contribution in [-0.4, -0.2) is 39.4 Å². The summed E-state index contributed by atoms with van der Waals surface area (Å²) in [5.74, 6) is 1.59. The fourth-order valence-corrected chi connectivity index (χ4v) is 4.91. The van der Waals surface area contributed by atoms with E-state index < -0.39 is 0 Å². The predicted molar refractivity (Wildman–Crippen MR) is 136 cm³/mol. The number of benzene rings is 2. The van der Waals surface area contributed by atoms with Gasteiger partial charge in [-0.05, 0) is 82.3 Å². The second-order valence-corrected chi connectivity index (χ2v) is 9.07. The lowest BCUT2D eigenvalue weighted by molar-refractivity contribution is 0.470. The van der Waals surface area contributed by atoms with Crippen LogP contribution in [0.5, 0.6) is 5.75 Å². The van der Waals surface area contributed by atoms with Gasteiger partial charge in [0.25, 0.3) is 0 Å². The van der Waals surface area contributed by atoms with Crippen molar-refractivity contribution in [2.75, 3.05) is 28.7 Å². The molecular weight excluding hydrogens is 608 g/mol. The summed E-state index contributed by atoms with van der Waals surface area (Å²) in [4.78, 5) is 15.7. The van der Waals surface area contributed by atoms with Crippen molar-refractivity contribution < 1.29 is 5.11 Å². The molecule has 0 spiro atoms. The Morgan fingerprint density at radius 1 is 1.00 bits per heavy atom. The van der Waals surface area contributed by atoms with Crippen LogP contribution in [0, 0.1) is 7.14 Å². The van der Waals surface area contributed by atoms with Crippen LogP contribution in [0.15, 0.2) is 47.6 Å². The Balaban J connectivity index is 1.58. The van der Waals surface area contributed by atoms with Gasteiger partial charge in [-0.1, -0.05) is 18.2 Å². The van der Waals surface area contributed by atoms with Crippen LogP contribution < -0.4 is 15.6 Å². The normalized spacial score (nSPS) is 13.7. The third kappa shape index (κ3) is 5.28. The van der Waals surface area contributed by atoms with Crippen LogP contribution >= 0.6 is 45.2 Å². The van der Waals surface area contributed by atoms with E-state index in [-0.39, 0.29) is 5.75 Å². The van der Waals surface area contributed by atoms with Crippen molar-refractivity contribution >= 4 is 74.9 Å². The summed E-state index contributed by atoms with van der Waals surface area (Å²) in [7, 11) is 0. The van der Waals surface area contributed by atoms with Crippen molar-refractivity contribution in [2.45, 2.75) is 12.8 Å². The maximum Gasteiger partial charge on any atom is 0.250 e. The minimum Gasteiger partial charge on any atom is -0.506 e. The zero-order valence-electron chi connectivity index (χ0n) is 15.9. The van der Waals surface area contributed by atoms with E-state index in [2.05, 4.69) is 80.9 Å². The van der Waals surface area contributed by atoms with Gasteiger partial charge in [0, 0.05) is 27.9 Å². The van der Waals surface area contributed by atoms with E-state index in [0.717, 1.165) is 38.8 Å². The molecule has 0 aliphatic carbocycles. The second kappa shape index (κ2) is 9.73. The third-order valence-corrected chi connectivity index (χ3v) is 5.91. The molecule has 1 aliphatic heterocycles. The van der Waals surface area contributed by atoms with Gasteiger partial charge in [-0.15, -0.1) is 0 Å². The van der Waals surface area contributed by atoms with Crippen LogP contribution in [0.3, 0.4) is 0 Å². The summed E-state index contributed by atoms with van der Waals surface area (Å²) in [6.07, 6.45) is 3.81. The molecule has 2 heterocycles. The van der Waals surface area contributed by atoms with Crippen LogP contribution in [0.1, 0.15) is 18.4 Å². The monoisotopic (exact) mass is 627 g/mol. The molecule has 0 radical (unpaired) electrons. The van der Waals surface area contributed by atoms with Gasteiger partial charge in [0.2, 0.25) is 17.8 Å². The number of phenolic OH excluding ortho intramolecular Hbond substituents is 1. The van der Waals surface area contributed by atoms with Crippen molar-refractivity contribution in [2.24, 2.45) is 5.10 Å². The average Bonchev–Trinajstić information content (AvgIpc) is 3.27. The van der Waals surface area contributed by atoms with Crippen LogP contribution in [0.4, 0.5) is 23.5 Å². The highest BCUT2D eigenvalue weighted by Gasteiger charge is 2.17. The first kappa shape index (κ1) is 21.0. The first-order valence-corrected chi connectivity index (χ1v) is 11.5. The van der Waals surface area contributed by atoms with Gasteiger partial charge in [0.05, 0.1) is 9.78 Å². The van der Waals surface area contributed by atoms with E-state index in [9.17, 15) is 5.11 Å². The van der Waals surface area contributed by atoms with Gasteiger partial charge in [-0.3, -0.25) is 0 Å². The molecule has 1 fully saturated rings. The van der Waals surface area contributed by atoms with E-state index in [1.165, 1.54) is 0 Å². The molecule has 8 nitrogen and oxygen atoms in total. The molecular formula is C20H19I2N7O. The smallest absolute Gasteiger partial charge is 0.250 e. The van der Waals surface area contributed by atoms with E-state index in [4.69, 9.17) is 0 Å². The summed E-state index contributed by atoms with van der Waals surface area (Å²) in [5.41, 5.74) is 4.39.